The van der Waals surface area contributed by atoms with Crippen LogP contribution in [0.1, 0.15) is 24.0 Å². The van der Waals surface area contributed by atoms with E-state index in [9.17, 15) is 0 Å². The quantitative estimate of drug-likeness (QED) is 0.741. The molecule has 2 nitrogen and oxygen atoms in total. The standard InChI is InChI=1S/C14H18N2.ClH/c1-13-5-7-14(8-6-13)4-2-3-10-16-11-9-15-12-16;/h5-9,11-12H,2-4,10H2,1H3;1H. The Labute approximate surface area is 109 Å². The molecule has 0 amide bonds. The molecule has 0 bridgehead atoms. The van der Waals surface area contributed by atoms with Crippen LogP contribution in [0.2, 0.25) is 0 Å². The van der Waals surface area contributed by atoms with Crippen molar-refractivity contribution in [3.63, 3.8) is 0 Å². The summed E-state index contributed by atoms with van der Waals surface area (Å²) in [6, 6.07) is 8.83. The van der Waals surface area contributed by atoms with Gasteiger partial charge >= 0.3 is 0 Å². The first kappa shape index (κ1) is 13.8. The van der Waals surface area contributed by atoms with Crippen LogP contribution in [0, 0.1) is 6.92 Å². The van der Waals surface area contributed by atoms with E-state index in [1.54, 1.807) is 0 Å². The number of aryl methyl sites for hydroxylation is 3. The van der Waals surface area contributed by atoms with Crippen LogP contribution in [-0.4, -0.2) is 9.55 Å². The summed E-state index contributed by atoms with van der Waals surface area (Å²) in [5.74, 6) is 0. The minimum atomic E-state index is 0. The number of rotatable bonds is 5. The number of imidazole rings is 1. The van der Waals surface area contributed by atoms with Crippen LogP contribution in [0.5, 0.6) is 0 Å². The molecule has 0 aliphatic carbocycles. The van der Waals surface area contributed by atoms with Crippen LogP contribution in [0.4, 0.5) is 0 Å². The van der Waals surface area contributed by atoms with Gasteiger partial charge in [-0.15, -0.1) is 12.4 Å². The molecule has 17 heavy (non-hydrogen) atoms. The van der Waals surface area contributed by atoms with Gasteiger partial charge in [0.05, 0.1) is 6.33 Å². The number of aromatic nitrogens is 2. The number of unbranched alkanes of at least 4 members (excludes halogenated alkanes) is 1. The largest absolute Gasteiger partial charge is 0.337 e. The fourth-order valence-electron chi connectivity index (χ4n) is 1.80. The first-order valence-electron chi connectivity index (χ1n) is 5.86. The summed E-state index contributed by atoms with van der Waals surface area (Å²) in [6.07, 6.45) is 9.36. The number of hydrogen-bond donors (Lipinski definition) is 0. The smallest absolute Gasteiger partial charge is 0.0945 e. The SMILES string of the molecule is Cc1ccc(CCCCn2ccnc2)cc1.Cl. The van der Waals surface area contributed by atoms with Gasteiger partial charge < -0.3 is 4.57 Å². The molecule has 0 spiro atoms. The van der Waals surface area contributed by atoms with Crippen LogP contribution < -0.4 is 0 Å². The summed E-state index contributed by atoms with van der Waals surface area (Å²) in [6.45, 7) is 3.20. The number of nitrogens with zero attached hydrogens (tertiary/aromatic N) is 2. The Morgan fingerprint density at radius 2 is 1.88 bits per heavy atom. The van der Waals surface area contributed by atoms with E-state index in [0.717, 1.165) is 6.54 Å². The van der Waals surface area contributed by atoms with E-state index < -0.39 is 0 Å². The summed E-state index contributed by atoms with van der Waals surface area (Å²) < 4.78 is 2.13. The number of hydrogen-bond acceptors (Lipinski definition) is 1. The minimum absolute atomic E-state index is 0. The Balaban J connectivity index is 0.00000144. The third-order valence-electron chi connectivity index (χ3n) is 2.81. The number of benzene rings is 1. The summed E-state index contributed by atoms with van der Waals surface area (Å²) in [7, 11) is 0. The van der Waals surface area contributed by atoms with Gasteiger partial charge in [-0.25, -0.2) is 4.98 Å². The Hall–Kier alpha value is -1.28. The van der Waals surface area contributed by atoms with Crippen molar-refractivity contribution in [2.45, 2.75) is 32.7 Å². The predicted molar refractivity (Wildman–Crippen MR) is 73.6 cm³/mol. The van der Waals surface area contributed by atoms with Crippen molar-refractivity contribution in [1.29, 1.82) is 0 Å². The molecule has 2 aromatic rings. The maximum atomic E-state index is 4.03. The molecule has 1 heterocycles. The highest BCUT2D eigenvalue weighted by molar-refractivity contribution is 5.85. The third-order valence-corrected chi connectivity index (χ3v) is 2.81. The molecule has 0 aliphatic rings. The normalized spacial score (nSPS) is 9.94. The Morgan fingerprint density at radius 3 is 2.53 bits per heavy atom. The van der Waals surface area contributed by atoms with E-state index >= 15 is 0 Å². The van der Waals surface area contributed by atoms with Crippen LogP contribution in [0.25, 0.3) is 0 Å². The molecule has 1 aromatic heterocycles. The van der Waals surface area contributed by atoms with Crippen molar-refractivity contribution in [3.05, 3.63) is 54.1 Å². The van der Waals surface area contributed by atoms with E-state index in [-0.39, 0.29) is 12.4 Å². The third kappa shape index (κ3) is 4.61. The second-order valence-electron chi connectivity index (χ2n) is 4.24. The second-order valence-corrected chi connectivity index (χ2v) is 4.24. The molecule has 0 fully saturated rings. The highest BCUT2D eigenvalue weighted by Crippen LogP contribution is 2.07. The average Bonchev–Trinajstić information content (AvgIpc) is 2.80. The van der Waals surface area contributed by atoms with Gasteiger partial charge in [0.1, 0.15) is 0 Å². The summed E-state index contributed by atoms with van der Waals surface area (Å²) >= 11 is 0. The van der Waals surface area contributed by atoms with Gasteiger partial charge in [0.2, 0.25) is 0 Å². The second kappa shape index (κ2) is 7.13. The van der Waals surface area contributed by atoms with Gasteiger partial charge in [0.25, 0.3) is 0 Å². The van der Waals surface area contributed by atoms with Gasteiger partial charge in [-0.05, 0) is 31.7 Å². The van der Waals surface area contributed by atoms with Gasteiger partial charge in [-0.2, -0.15) is 0 Å². The average molecular weight is 251 g/mol. The minimum Gasteiger partial charge on any atom is -0.337 e. The van der Waals surface area contributed by atoms with E-state index in [2.05, 4.69) is 40.7 Å². The lowest BCUT2D eigenvalue weighted by Gasteiger charge is -2.03. The van der Waals surface area contributed by atoms with Gasteiger partial charge in [-0.1, -0.05) is 29.8 Å². The fourth-order valence-corrected chi connectivity index (χ4v) is 1.80. The van der Waals surface area contributed by atoms with Gasteiger partial charge in [-0.3, -0.25) is 0 Å². The zero-order chi connectivity index (χ0) is 11.2. The van der Waals surface area contributed by atoms with E-state index in [1.165, 1.54) is 30.4 Å². The van der Waals surface area contributed by atoms with Crippen LogP contribution in [-0.2, 0) is 13.0 Å². The van der Waals surface area contributed by atoms with E-state index in [1.807, 2.05) is 18.7 Å². The molecular weight excluding hydrogens is 232 g/mol. The summed E-state index contributed by atoms with van der Waals surface area (Å²) in [5.41, 5.74) is 2.78. The molecule has 0 saturated heterocycles. The van der Waals surface area contributed by atoms with Crippen molar-refractivity contribution in [1.82, 2.24) is 9.55 Å². The lowest BCUT2D eigenvalue weighted by molar-refractivity contribution is 0.609. The van der Waals surface area contributed by atoms with Crippen molar-refractivity contribution in [2.24, 2.45) is 0 Å². The molecule has 92 valence electrons. The highest BCUT2D eigenvalue weighted by atomic mass is 35.5. The zero-order valence-corrected chi connectivity index (χ0v) is 11.0. The first-order valence-corrected chi connectivity index (χ1v) is 5.86. The van der Waals surface area contributed by atoms with Crippen molar-refractivity contribution in [3.8, 4) is 0 Å². The molecule has 3 heteroatoms. The molecule has 1 aromatic carbocycles. The lowest BCUT2D eigenvalue weighted by atomic mass is 10.1. The summed E-state index contributed by atoms with van der Waals surface area (Å²) in [5, 5.41) is 0. The van der Waals surface area contributed by atoms with Gasteiger partial charge in [0, 0.05) is 18.9 Å². The molecule has 0 radical (unpaired) electrons. The van der Waals surface area contributed by atoms with Crippen molar-refractivity contribution >= 4 is 12.4 Å². The maximum Gasteiger partial charge on any atom is 0.0945 e. The topological polar surface area (TPSA) is 17.8 Å². The Bertz CT molecular complexity index is 406. The van der Waals surface area contributed by atoms with Crippen molar-refractivity contribution in [2.75, 3.05) is 0 Å². The Kier molecular flexibility index (Phi) is 5.78. The highest BCUT2D eigenvalue weighted by Gasteiger charge is 1.94. The molecular formula is C14H19ClN2. The Morgan fingerprint density at radius 1 is 1.12 bits per heavy atom. The molecule has 0 aliphatic heterocycles. The molecule has 0 saturated carbocycles. The fraction of sp³-hybridized carbons (Fsp3) is 0.357. The first-order chi connectivity index (χ1) is 7.84. The molecule has 2 rings (SSSR count). The van der Waals surface area contributed by atoms with Gasteiger partial charge in [0.15, 0.2) is 0 Å². The summed E-state index contributed by atoms with van der Waals surface area (Å²) in [4.78, 5) is 4.03. The molecule has 0 unspecified atom stereocenters. The maximum absolute atomic E-state index is 4.03. The van der Waals surface area contributed by atoms with E-state index in [0.29, 0.717) is 0 Å². The number of halogens is 1. The van der Waals surface area contributed by atoms with Crippen LogP contribution in [0.15, 0.2) is 43.0 Å². The van der Waals surface area contributed by atoms with Crippen molar-refractivity contribution < 1.29 is 0 Å². The lowest BCUT2D eigenvalue weighted by Crippen LogP contribution is -1.95. The van der Waals surface area contributed by atoms with Crippen LogP contribution >= 0.6 is 12.4 Å². The van der Waals surface area contributed by atoms with E-state index in [4.69, 9.17) is 0 Å². The molecule has 0 N–H and O–H groups in total. The molecule has 0 atom stereocenters. The van der Waals surface area contributed by atoms with Crippen LogP contribution in [0.3, 0.4) is 0 Å². The predicted octanol–water partition coefficient (Wildman–Crippen LogP) is 3.64. The monoisotopic (exact) mass is 250 g/mol. The zero-order valence-electron chi connectivity index (χ0n) is 10.2.